The molecule has 1 aromatic heterocycles. The van der Waals surface area contributed by atoms with E-state index in [1.807, 2.05) is 41.5 Å². The number of halogens is 6. The molecule has 282 valence electrons. The van der Waals surface area contributed by atoms with Crippen molar-refractivity contribution in [2.45, 2.75) is 73.5 Å². The SMILES string of the molecule is C.C.CC(C)(C)NC(=O)C(N)C#N.CNC(=O)N=CNC(=O)NC.CNC(=O)n1cnc(C(=O)NC(C)(C)C)c1N.Cl.Cl.Cl.Cl.Cl.Cl. The normalized spacial score (nSPS) is 9.30. The fourth-order valence-corrected chi connectivity index (χ4v) is 2.01. The minimum Gasteiger partial charge on any atom is -0.383 e. The van der Waals surface area contributed by atoms with E-state index in [0.29, 0.717) is 0 Å². The molecule has 0 bridgehead atoms. The van der Waals surface area contributed by atoms with Crippen LogP contribution in [0.5, 0.6) is 0 Å². The highest BCUT2D eigenvalue weighted by Gasteiger charge is 2.22. The van der Waals surface area contributed by atoms with Crippen LogP contribution in [0.25, 0.3) is 0 Å². The van der Waals surface area contributed by atoms with E-state index < -0.39 is 35.9 Å². The Morgan fingerprint density at radius 1 is 0.872 bits per heavy atom. The number of nitriles is 1. The standard InChI is InChI=1S/C10H17N5O2.C7H13N3O.C5H10N4O2.2CH4.6ClH/c1-10(2,3)14-8(16)6-7(11)15(5-13-6)9(17)12-4;1-7(2,3)10-6(11)5(9)4-8;1-6-4(10)8-3-9-5(11)7-2;;;;;;;;/h5H,11H2,1-4H3,(H,12,17)(H,14,16);5H,9H2,1-3H3,(H,10,11);3H,1-2H3,(H3,6,7,8,9,10,11);2*1H4;6*1H. The van der Waals surface area contributed by atoms with E-state index in [2.05, 4.69) is 41.9 Å². The van der Waals surface area contributed by atoms with E-state index >= 15 is 0 Å². The zero-order valence-electron chi connectivity index (χ0n) is 26.2. The molecule has 23 heteroatoms. The van der Waals surface area contributed by atoms with Gasteiger partial charge in [-0.2, -0.15) is 10.3 Å². The molecule has 0 aromatic carbocycles. The molecule has 1 heterocycles. The van der Waals surface area contributed by atoms with Gasteiger partial charge < -0.3 is 38.1 Å². The number of carbonyl (C=O) groups is 5. The molecule has 0 fully saturated rings. The minimum atomic E-state index is -1.06. The van der Waals surface area contributed by atoms with Crippen LogP contribution < -0.4 is 43.4 Å². The largest absolute Gasteiger partial charge is 0.383 e. The first-order valence-electron chi connectivity index (χ1n) is 11.4. The zero-order chi connectivity index (χ0) is 31.0. The van der Waals surface area contributed by atoms with Gasteiger partial charge in [0.1, 0.15) is 18.5 Å². The number of imidazole rings is 1. The van der Waals surface area contributed by atoms with Gasteiger partial charge >= 0.3 is 18.1 Å². The molecular formula is C24H54Cl6N12O5. The number of aromatic nitrogens is 2. The lowest BCUT2D eigenvalue weighted by Gasteiger charge is -2.20. The van der Waals surface area contributed by atoms with Crippen molar-refractivity contribution in [3.05, 3.63) is 12.0 Å². The van der Waals surface area contributed by atoms with Crippen molar-refractivity contribution >= 4 is 117 Å². The fourth-order valence-electron chi connectivity index (χ4n) is 2.01. The third kappa shape index (κ3) is 34.2. The average Bonchev–Trinajstić information content (AvgIpc) is 3.22. The van der Waals surface area contributed by atoms with Crippen molar-refractivity contribution < 1.29 is 24.0 Å². The van der Waals surface area contributed by atoms with E-state index in [1.54, 1.807) is 6.07 Å². The highest BCUT2D eigenvalue weighted by molar-refractivity contribution is 5.98. The third-order valence-electron chi connectivity index (χ3n) is 3.68. The Labute approximate surface area is 315 Å². The Hall–Kier alpha value is -2.98. The summed E-state index contributed by atoms with van der Waals surface area (Å²) in [6.45, 7) is 11.0. The van der Waals surface area contributed by atoms with Gasteiger partial charge in [-0.1, -0.05) is 14.9 Å². The summed E-state index contributed by atoms with van der Waals surface area (Å²) in [5.41, 5.74) is 10.2. The molecule has 1 rings (SSSR count). The first kappa shape index (κ1) is 70.4. The number of anilines is 1. The number of urea groups is 2. The molecule has 0 saturated carbocycles. The van der Waals surface area contributed by atoms with Crippen molar-refractivity contribution in [2.24, 2.45) is 10.7 Å². The highest BCUT2D eigenvalue weighted by Crippen LogP contribution is 2.11. The summed E-state index contributed by atoms with van der Waals surface area (Å²) < 4.78 is 1.08. The van der Waals surface area contributed by atoms with Crippen LogP contribution >= 0.6 is 74.4 Å². The van der Waals surface area contributed by atoms with Crippen LogP contribution in [0.2, 0.25) is 0 Å². The number of aliphatic imine (C=N–C) groups is 1. The quantitative estimate of drug-likeness (QED) is 0.165. The lowest BCUT2D eigenvalue weighted by atomic mass is 10.1. The molecular weight excluding hydrogens is 749 g/mol. The molecule has 1 atom stereocenters. The zero-order valence-corrected chi connectivity index (χ0v) is 31.1. The predicted molar refractivity (Wildman–Crippen MR) is 203 cm³/mol. The number of hydrogen-bond acceptors (Lipinski definition) is 9. The predicted octanol–water partition coefficient (Wildman–Crippen LogP) is 3.02. The average molecular weight is 803 g/mol. The summed E-state index contributed by atoms with van der Waals surface area (Å²) in [4.78, 5) is 62.0. The topological polar surface area (TPSA) is 264 Å². The minimum absolute atomic E-state index is 0. The monoisotopic (exact) mass is 800 g/mol. The highest BCUT2D eigenvalue weighted by atomic mass is 35.5. The molecule has 10 N–H and O–H groups in total. The molecule has 1 aromatic rings. The molecule has 0 aliphatic rings. The van der Waals surface area contributed by atoms with Crippen LogP contribution in [-0.2, 0) is 4.79 Å². The van der Waals surface area contributed by atoms with Crippen LogP contribution in [0, 0.1) is 11.3 Å². The van der Waals surface area contributed by atoms with Gasteiger partial charge in [0.05, 0.1) is 6.07 Å². The molecule has 47 heavy (non-hydrogen) atoms. The maximum atomic E-state index is 11.8. The Morgan fingerprint density at radius 2 is 1.32 bits per heavy atom. The lowest BCUT2D eigenvalue weighted by molar-refractivity contribution is -0.122. The first-order valence-corrected chi connectivity index (χ1v) is 11.4. The van der Waals surface area contributed by atoms with E-state index in [0.717, 1.165) is 10.9 Å². The van der Waals surface area contributed by atoms with Gasteiger partial charge in [-0.15, -0.1) is 74.4 Å². The fraction of sp³-hybridized carbons (Fsp3) is 0.583. The second-order valence-electron chi connectivity index (χ2n) is 9.49. The van der Waals surface area contributed by atoms with Gasteiger partial charge in [-0.05, 0) is 41.5 Å². The van der Waals surface area contributed by atoms with Gasteiger partial charge in [0.25, 0.3) is 11.8 Å². The van der Waals surface area contributed by atoms with E-state index in [4.69, 9.17) is 16.7 Å². The Morgan fingerprint density at radius 3 is 1.66 bits per heavy atom. The van der Waals surface area contributed by atoms with Gasteiger partial charge in [0.2, 0.25) is 0 Å². The maximum absolute atomic E-state index is 11.8. The van der Waals surface area contributed by atoms with Gasteiger partial charge in [0, 0.05) is 32.2 Å². The number of nitrogens with zero attached hydrogens (tertiary/aromatic N) is 4. The summed E-state index contributed by atoms with van der Waals surface area (Å²) in [6.07, 6.45) is 2.23. The Balaban J connectivity index is -0.0000000519. The number of carbonyl (C=O) groups excluding carboxylic acids is 5. The van der Waals surface area contributed by atoms with Crippen LogP contribution in [-0.4, -0.2) is 84.1 Å². The van der Waals surface area contributed by atoms with Crippen LogP contribution in [0.15, 0.2) is 11.3 Å². The van der Waals surface area contributed by atoms with Crippen LogP contribution in [0.4, 0.5) is 20.2 Å². The number of hydrogen-bond donors (Lipinski definition) is 8. The number of amides is 7. The second kappa shape index (κ2) is 34.4. The molecule has 0 radical (unpaired) electrons. The number of nitrogens with two attached hydrogens (primary N) is 2. The number of nitrogens with one attached hydrogen (secondary N) is 6. The van der Waals surface area contributed by atoms with Crippen LogP contribution in [0.1, 0.15) is 66.9 Å². The summed E-state index contributed by atoms with van der Waals surface area (Å²) in [7, 11) is 4.37. The van der Waals surface area contributed by atoms with E-state index in [9.17, 15) is 24.0 Å². The molecule has 0 aliphatic heterocycles. The maximum Gasteiger partial charge on any atom is 0.342 e. The molecule has 7 amide bonds. The van der Waals surface area contributed by atoms with Crippen molar-refractivity contribution in [3.8, 4) is 6.07 Å². The molecule has 0 spiro atoms. The second-order valence-corrected chi connectivity index (χ2v) is 9.49. The van der Waals surface area contributed by atoms with Crippen molar-refractivity contribution in [1.29, 1.82) is 5.26 Å². The van der Waals surface area contributed by atoms with Crippen LogP contribution in [0.3, 0.4) is 0 Å². The first-order chi connectivity index (χ1) is 17.8. The molecule has 17 nitrogen and oxygen atoms in total. The van der Waals surface area contributed by atoms with Crippen molar-refractivity contribution in [3.63, 3.8) is 0 Å². The molecule has 1 unspecified atom stereocenters. The number of nitrogen functional groups attached to an aromatic ring is 1. The summed E-state index contributed by atoms with van der Waals surface area (Å²) in [5.74, 6) is -0.816. The summed E-state index contributed by atoms with van der Waals surface area (Å²) >= 11 is 0. The number of rotatable bonds is 3. The molecule has 0 saturated heterocycles. The third-order valence-corrected chi connectivity index (χ3v) is 3.68. The smallest absolute Gasteiger partial charge is 0.342 e. The summed E-state index contributed by atoms with van der Waals surface area (Å²) in [5, 5.41) is 22.7. The summed E-state index contributed by atoms with van der Waals surface area (Å²) in [6, 6.07) is -0.779. The van der Waals surface area contributed by atoms with Crippen molar-refractivity contribution in [1.82, 2.24) is 41.5 Å². The van der Waals surface area contributed by atoms with Gasteiger partial charge in [-0.25, -0.2) is 23.9 Å². The van der Waals surface area contributed by atoms with Crippen molar-refractivity contribution in [2.75, 3.05) is 26.9 Å². The molecule has 0 aliphatic carbocycles. The Bertz CT molecular complexity index is 1090. The van der Waals surface area contributed by atoms with Gasteiger partial charge in [0.15, 0.2) is 11.7 Å². The Kier molecular flexibility index (Phi) is 51.5. The van der Waals surface area contributed by atoms with Gasteiger partial charge in [-0.3, -0.25) is 14.9 Å². The van der Waals surface area contributed by atoms with E-state index in [-0.39, 0.29) is 112 Å². The van der Waals surface area contributed by atoms with E-state index in [1.165, 1.54) is 27.5 Å². The lowest BCUT2D eigenvalue weighted by Crippen LogP contribution is -2.48.